The van der Waals surface area contributed by atoms with Crippen molar-refractivity contribution in [2.45, 2.75) is 36.1 Å². The summed E-state index contributed by atoms with van der Waals surface area (Å²) >= 11 is 1.17. The maximum absolute atomic E-state index is 13.6. The zero-order valence-electron chi connectivity index (χ0n) is 19.5. The van der Waals surface area contributed by atoms with Crippen molar-refractivity contribution in [1.82, 2.24) is 4.31 Å². The van der Waals surface area contributed by atoms with Crippen LogP contribution in [0.25, 0.3) is 10.8 Å². The van der Waals surface area contributed by atoms with Gasteiger partial charge in [0.25, 0.3) is 0 Å². The number of methoxy groups -OCH3 is 1. The summed E-state index contributed by atoms with van der Waals surface area (Å²) in [4.78, 5) is 23.7. The summed E-state index contributed by atoms with van der Waals surface area (Å²) in [5.41, 5.74) is 1.21. The minimum atomic E-state index is -3.80. The number of ether oxygens (including phenoxy) is 2. The number of thioether (sulfide) groups is 1. The first kappa shape index (κ1) is 25.4. The highest BCUT2D eigenvalue weighted by molar-refractivity contribution is 8.14. The quantitative estimate of drug-likeness (QED) is 0.416. The number of nitrogens with zero attached hydrogens (tertiary/aromatic N) is 1. The van der Waals surface area contributed by atoms with E-state index in [1.165, 1.54) is 30.1 Å². The number of rotatable bonds is 8. The maximum atomic E-state index is 13.6. The van der Waals surface area contributed by atoms with Gasteiger partial charge in [-0.3, -0.25) is 4.79 Å². The number of hydrogen-bond donors (Lipinski definition) is 0. The molecule has 0 unspecified atom stereocenters. The number of sulfonamides is 1. The van der Waals surface area contributed by atoms with Crippen LogP contribution in [0.2, 0.25) is 0 Å². The van der Waals surface area contributed by atoms with Crippen molar-refractivity contribution in [2.75, 3.05) is 20.3 Å². The third-order valence-electron chi connectivity index (χ3n) is 5.91. The Hall–Kier alpha value is -2.72. The van der Waals surface area contributed by atoms with Gasteiger partial charge in [0.1, 0.15) is 0 Å². The van der Waals surface area contributed by atoms with Gasteiger partial charge in [-0.25, -0.2) is 13.2 Å². The number of benzene rings is 3. The van der Waals surface area contributed by atoms with Crippen molar-refractivity contribution < 1.29 is 27.5 Å². The topological polar surface area (TPSA) is 90.0 Å². The minimum Gasteiger partial charge on any atom is -0.465 e. The van der Waals surface area contributed by atoms with Crippen LogP contribution in [0.5, 0.6) is 0 Å². The van der Waals surface area contributed by atoms with Crippen molar-refractivity contribution in [1.29, 1.82) is 0 Å². The molecule has 3 aromatic rings. The summed E-state index contributed by atoms with van der Waals surface area (Å²) < 4.78 is 39.4. The van der Waals surface area contributed by atoms with Gasteiger partial charge < -0.3 is 9.47 Å². The van der Waals surface area contributed by atoms with Gasteiger partial charge >= 0.3 is 5.97 Å². The first-order valence-electron chi connectivity index (χ1n) is 11.2. The van der Waals surface area contributed by atoms with Crippen LogP contribution in [-0.2, 0) is 30.9 Å². The van der Waals surface area contributed by atoms with E-state index < -0.39 is 22.0 Å². The van der Waals surface area contributed by atoms with Crippen molar-refractivity contribution in [3.8, 4) is 0 Å². The Bertz CT molecular complexity index is 1340. The maximum Gasteiger partial charge on any atom is 0.337 e. The van der Waals surface area contributed by atoms with Gasteiger partial charge in [0.2, 0.25) is 10.0 Å². The van der Waals surface area contributed by atoms with Gasteiger partial charge in [-0.05, 0) is 47.0 Å². The molecule has 9 heteroatoms. The van der Waals surface area contributed by atoms with Crippen LogP contribution in [0.1, 0.15) is 29.3 Å². The number of esters is 1. The molecule has 0 aliphatic carbocycles. The molecule has 1 aliphatic heterocycles. The normalized spacial score (nSPS) is 18.6. The Morgan fingerprint density at radius 1 is 1.03 bits per heavy atom. The smallest absolute Gasteiger partial charge is 0.337 e. The Kier molecular flexibility index (Phi) is 7.91. The van der Waals surface area contributed by atoms with Gasteiger partial charge in [0, 0.05) is 24.8 Å². The summed E-state index contributed by atoms with van der Waals surface area (Å²) in [5.74, 6) is -0.431. The largest absolute Gasteiger partial charge is 0.465 e. The van der Waals surface area contributed by atoms with Crippen LogP contribution in [0.15, 0.2) is 71.6 Å². The standard InChI is InChI=1S/C26H27NO6S2/c1-18(28)34-24-14-23(17-33-16-19-6-5-9-22(12-19)26(29)32-2)27(15-24)35(30,31)25-11-10-20-7-3-4-8-21(20)13-25/h3-13,23-24H,14-17H2,1-2H3/t23-,24-/m0/s1. The van der Waals surface area contributed by atoms with E-state index in [-0.39, 0.29) is 35.0 Å². The van der Waals surface area contributed by atoms with Crippen molar-refractivity contribution >= 4 is 43.6 Å². The van der Waals surface area contributed by atoms with Gasteiger partial charge in [-0.15, -0.1) is 0 Å². The van der Waals surface area contributed by atoms with E-state index in [4.69, 9.17) is 9.47 Å². The molecule has 184 valence electrons. The predicted octanol–water partition coefficient (Wildman–Crippen LogP) is 4.25. The lowest BCUT2D eigenvalue weighted by Gasteiger charge is -2.24. The fourth-order valence-electron chi connectivity index (χ4n) is 4.29. The molecule has 0 saturated carbocycles. The molecular weight excluding hydrogens is 486 g/mol. The average Bonchev–Trinajstić information content (AvgIpc) is 3.26. The Balaban J connectivity index is 1.52. The molecule has 0 radical (unpaired) electrons. The van der Waals surface area contributed by atoms with Gasteiger partial charge in [0.15, 0.2) is 5.12 Å². The van der Waals surface area contributed by atoms with E-state index in [9.17, 15) is 18.0 Å². The molecule has 0 bridgehead atoms. The Morgan fingerprint density at radius 2 is 1.80 bits per heavy atom. The van der Waals surface area contributed by atoms with Gasteiger partial charge in [-0.2, -0.15) is 4.31 Å². The molecule has 35 heavy (non-hydrogen) atoms. The zero-order valence-corrected chi connectivity index (χ0v) is 21.2. The second-order valence-corrected chi connectivity index (χ2v) is 11.8. The molecule has 4 rings (SSSR count). The van der Waals surface area contributed by atoms with E-state index in [1.807, 2.05) is 30.3 Å². The van der Waals surface area contributed by atoms with Crippen LogP contribution >= 0.6 is 11.8 Å². The highest BCUT2D eigenvalue weighted by atomic mass is 32.2. The molecular formula is C26H27NO6S2. The first-order chi connectivity index (χ1) is 16.8. The van der Waals surface area contributed by atoms with Gasteiger partial charge in [-0.1, -0.05) is 54.2 Å². The van der Waals surface area contributed by atoms with Gasteiger partial charge in [0.05, 0.1) is 30.8 Å². The van der Waals surface area contributed by atoms with E-state index >= 15 is 0 Å². The molecule has 1 saturated heterocycles. The van der Waals surface area contributed by atoms with E-state index in [0.717, 1.165) is 16.3 Å². The van der Waals surface area contributed by atoms with Crippen LogP contribution < -0.4 is 0 Å². The van der Waals surface area contributed by atoms with E-state index in [0.29, 0.717) is 12.0 Å². The van der Waals surface area contributed by atoms with E-state index in [1.54, 1.807) is 36.4 Å². The average molecular weight is 514 g/mol. The van der Waals surface area contributed by atoms with Crippen molar-refractivity contribution in [2.24, 2.45) is 0 Å². The molecule has 1 heterocycles. The fourth-order valence-corrected chi connectivity index (χ4v) is 7.11. The number of fused-ring (bicyclic) bond motifs is 1. The molecule has 2 atom stereocenters. The highest BCUT2D eigenvalue weighted by Gasteiger charge is 2.41. The van der Waals surface area contributed by atoms with Crippen LogP contribution in [0.4, 0.5) is 0 Å². The lowest BCUT2D eigenvalue weighted by molar-refractivity contribution is -0.109. The summed E-state index contributed by atoms with van der Waals surface area (Å²) in [6, 6.07) is 19.2. The van der Waals surface area contributed by atoms with Crippen LogP contribution in [0, 0.1) is 0 Å². The first-order valence-corrected chi connectivity index (χ1v) is 13.5. The Labute approximate surface area is 209 Å². The summed E-state index contributed by atoms with van der Waals surface area (Å²) in [6.45, 7) is 2.12. The lowest BCUT2D eigenvalue weighted by atomic mass is 10.1. The minimum absolute atomic E-state index is 0.0424. The SMILES string of the molecule is COC(=O)c1cccc(COC[C@@H]2C[C@H](SC(C)=O)CN2S(=O)(=O)c2ccc3ccccc3c2)c1. The molecule has 0 aromatic heterocycles. The molecule has 7 nitrogen and oxygen atoms in total. The van der Waals surface area contributed by atoms with Crippen molar-refractivity contribution in [3.05, 3.63) is 77.9 Å². The number of carbonyl (C=O) groups is 2. The monoisotopic (exact) mass is 513 g/mol. The molecule has 1 aliphatic rings. The second-order valence-electron chi connectivity index (χ2n) is 8.41. The fraction of sp³-hybridized carbons (Fsp3) is 0.308. The lowest BCUT2D eigenvalue weighted by Crippen LogP contribution is -2.38. The summed E-state index contributed by atoms with van der Waals surface area (Å²) in [6.07, 6.45) is 0.513. The highest BCUT2D eigenvalue weighted by Crippen LogP contribution is 2.33. The molecule has 0 amide bonds. The number of carbonyl (C=O) groups excluding carboxylic acids is 2. The second kappa shape index (κ2) is 10.9. The Morgan fingerprint density at radius 3 is 2.54 bits per heavy atom. The molecule has 0 spiro atoms. The molecule has 0 N–H and O–H groups in total. The van der Waals surface area contributed by atoms with E-state index in [2.05, 4.69) is 0 Å². The zero-order chi connectivity index (χ0) is 25.0. The molecule has 1 fully saturated rings. The van der Waals surface area contributed by atoms with Crippen LogP contribution in [0.3, 0.4) is 0 Å². The van der Waals surface area contributed by atoms with Crippen LogP contribution in [-0.4, -0.2) is 55.4 Å². The third-order valence-corrected chi connectivity index (χ3v) is 8.83. The summed E-state index contributed by atoms with van der Waals surface area (Å²) in [5, 5.41) is 1.63. The van der Waals surface area contributed by atoms with Crippen molar-refractivity contribution in [3.63, 3.8) is 0 Å². The molecule has 3 aromatic carbocycles. The third kappa shape index (κ3) is 5.92. The number of hydrogen-bond acceptors (Lipinski definition) is 7. The predicted molar refractivity (Wildman–Crippen MR) is 136 cm³/mol. The summed E-state index contributed by atoms with van der Waals surface area (Å²) in [7, 11) is -2.47.